The summed E-state index contributed by atoms with van der Waals surface area (Å²) < 4.78 is 191. The number of Topliss-reactive ketones (excluding diaryl/α,β-unsaturated/α-hetero) is 1. The largest absolute Gasteiger partial charge is 0.512 e. The Morgan fingerprint density at radius 1 is 0.838 bits per heavy atom. The molecular formula is C16H16F9NO8S3. The van der Waals surface area contributed by atoms with Crippen molar-refractivity contribution in [1.29, 1.82) is 0 Å². The minimum atomic E-state index is -7.87. The molecule has 1 aromatic carbocycles. The van der Waals surface area contributed by atoms with Gasteiger partial charge in [0.2, 0.25) is 0 Å². The first-order valence-electron chi connectivity index (χ1n) is 9.31. The lowest BCUT2D eigenvalue weighted by Crippen LogP contribution is -2.64. The summed E-state index contributed by atoms with van der Waals surface area (Å²) >= 11 is 0. The van der Waals surface area contributed by atoms with Crippen LogP contribution in [0.3, 0.4) is 0 Å². The number of hydrogen-bond acceptors (Lipinski definition) is 8. The average molecular weight is 617 g/mol. The van der Waals surface area contributed by atoms with Crippen molar-refractivity contribution in [3.8, 4) is 5.75 Å². The Hall–Kier alpha value is -2.13. The van der Waals surface area contributed by atoms with Crippen molar-refractivity contribution in [1.82, 2.24) is 4.13 Å². The molecule has 0 heterocycles. The van der Waals surface area contributed by atoms with E-state index < -0.39 is 67.9 Å². The summed E-state index contributed by atoms with van der Waals surface area (Å²) in [6.45, 7) is 3.28. The summed E-state index contributed by atoms with van der Waals surface area (Å²) in [5, 5.41) is -14.6. The third-order valence-electron chi connectivity index (χ3n) is 4.58. The SMILES string of the molecule is CCC(C)C(=O)Cc1ccc(OS(=O)(=O)C(F)(F)C(F)(F)C(F)(F)S(=O)(=O)NS(=O)(=O)C(F)(F)F)cc1. The van der Waals surface area contributed by atoms with Gasteiger partial charge < -0.3 is 4.18 Å². The highest BCUT2D eigenvalue weighted by atomic mass is 32.3. The second-order valence-corrected chi connectivity index (χ2v) is 12.5. The second kappa shape index (κ2) is 10.2. The Balaban J connectivity index is 3.33. The number of benzene rings is 1. The molecule has 0 saturated carbocycles. The predicted molar refractivity (Wildman–Crippen MR) is 106 cm³/mol. The summed E-state index contributed by atoms with van der Waals surface area (Å²) in [7, 11) is -22.5. The van der Waals surface area contributed by atoms with Crippen LogP contribution in [0.2, 0.25) is 0 Å². The fourth-order valence-corrected chi connectivity index (χ4v) is 5.58. The standard InChI is InChI=1S/C16H16F9NO8S3/c1-3-9(2)12(27)8-10-4-6-11(7-5-10)34-37(32,33)15(21,22)13(17,18)14(19,20)35(28,29)26-36(30,31)16(23,24)25/h4-7,9,26H,3,8H2,1-2H3. The quantitative estimate of drug-likeness (QED) is 0.279. The molecule has 0 spiro atoms. The first-order valence-corrected chi connectivity index (χ1v) is 13.7. The van der Waals surface area contributed by atoms with E-state index in [0.29, 0.717) is 18.6 Å². The zero-order valence-electron chi connectivity index (χ0n) is 18.2. The van der Waals surface area contributed by atoms with Crippen molar-refractivity contribution in [2.24, 2.45) is 5.92 Å². The summed E-state index contributed by atoms with van der Waals surface area (Å²) in [6, 6.07) is 2.95. The van der Waals surface area contributed by atoms with Crippen LogP contribution in [0.1, 0.15) is 25.8 Å². The highest BCUT2D eigenvalue weighted by Gasteiger charge is 2.83. The van der Waals surface area contributed by atoms with E-state index in [1.165, 1.54) is 0 Å². The second-order valence-electron chi connectivity index (χ2n) is 7.28. The fourth-order valence-electron chi connectivity index (χ4n) is 2.18. The van der Waals surface area contributed by atoms with Gasteiger partial charge in [0.25, 0.3) is 10.0 Å². The van der Waals surface area contributed by atoms with Gasteiger partial charge in [0.15, 0.2) is 0 Å². The van der Waals surface area contributed by atoms with Crippen molar-refractivity contribution in [3.05, 3.63) is 29.8 Å². The van der Waals surface area contributed by atoms with E-state index in [-0.39, 0.29) is 17.8 Å². The Kier molecular flexibility index (Phi) is 9.08. The van der Waals surface area contributed by atoms with Crippen LogP contribution in [0.15, 0.2) is 24.3 Å². The van der Waals surface area contributed by atoms with E-state index in [2.05, 4.69) is 4.18 Å². The number of hydrogen-bond donors (Lipinski definition) is 1. The Labute approximate surface area is 204 Å². The molecule has 0 aliphatic rings. The van der Waals surface area contributed by atoms with Gasteiger partial charge in [0.05, 0.1) is 0 Å². The molecule has 0 bridgehead atoms. The molecule has 0 aromatic heterocycles. The molecule has 1 atom stereocenters. The summed E-state index contributed by atoms with van der Waals surface area (Å²) in [6.07, 6.45) is 0.230. The van der Waals surface area contributed by atoms with Gasteiger partial charge in [-0.25, -0.2) is 16.8 Å². The summed E-state index contributed by atoms with van der Waals surface area (Å²) in [5.74, 6) is -9.47. The number of carbonyl (C=O) groups excluding carboxylic acids is 1. The van der Waals surface area contributed by atoms with Gasteiger partial charge in [0.1, 0.15) is 11.5 Å². The average Bonchev–Trinajstić information content (AvgIpc) is 2.72. The smallest absolute Gasteiger partial charge is 0.378 e. The molecule has 9 nitrogen and oxygen atoms in total. The van der Waals surface area contributed by atoms with Crippen LogP contribution in [0.5, 0.6) is 5.75 Å². The molecule has 1 unspecified atom stereocenters. The van der Waals surface area contributed by atoms with E-state index in [0.717, 1.165) is 12.1 Å². The maximum atomic E-state index is 14.1. The van der Waals surface area contributed by atoms with Crippen LogP contribution < -0.4 is 8.31 Å². The maximum Gasteiger partial charge on any atom is 0.512 e. The molecule has 0 saturated heterocycles. The molecular weight excluding hydrogens is 601 g/mol. The van der Waals surface area contributed by atoms with E-state index >= 15 is 0 Å². The van der Waals surface area contributed by atoms with E-state index in [9.17, 15) is 69.6 Å². The maximum absolute atomic E-state index is 14.1. The predicted octanol–water partition coefficient (Wildman–Crippen LogP) is 3.14. The molecule has 0 fully saturated rings. The highest BCUT2D eigenvalue weighted by molar-refractivity contribution is 8.05. The van der Waals surface area contributed by atoms with E-state index in [1.54, 1.807) is 13.8 Å². The molecule has 0 amide bonds. The lowest BCUT2D eigenvalue weighted by molar-refractivity contribution is -0.245. The minimum Gasteiger partial charge on any atom is -0.378 e. The van der Waals surface area contributed by atoms with Crippen molar-refractivity contribution in [2.45, 2.75) is 48.6 Å². The Morgan fingerprint density at radius 2 is 1.30 bits per heavy atom. The topological polar surface area (TPSA) is 141 Å². The van der Waals surface area contributed by atoms with Crippen LogP contribution in [0.25, 0.3) is 0 Å². The normalized spacial score (nSPS) is 15.3. The molecule has 214 valence electrons. The zero-order valence-corrected chi connectivity index (χ0v) is 20.6. The number of nitrogens with one attached hydrogen (secondary N) is 1. The van der Waals surface area contributed by atoms with Gasteiger partial charge in [-0.3, -0.25) is 4.79 Å². The number of sulfonamides is 2. The lowest BCUT2D eigenvalue weighted by atomic mass is 9.97. The summed E-state index contributed by atoms with van der Waals surface area (Å²) in [5.41, 5.74) is -6.50. The first kappa shape index (κ1) is 32.9. The van der Waals surface area contributed by atoms with Crippen LogP contribution in [0.4, 0.5) is 39.5 Å². The van der Waals surface area contributed by atoms with Gasteiger partial charge >= 0.3 is 42.1 Å². The van der Waals surface area contributed by atoms with Crippen LogP contribution in [-0.2, 0) is 41.4 Å². The molecule has 21 heteroatoms. The Bertz CT molecular complexity index is 1320. The van der Waals surface area contributed by atoms with E-state index in [1.807, 2.05) is 0 Å². The lowest BCUT2D eigenvalue weighted by Gasteiger charge is -2.31. The highest BCUT2D eigenvalue weighted by Crippen LogP contribution is 2.51. The minimum absolute atomic E-state index is 0.168. The van der Waals surface area contributed by atoms with Crippen molar-refractivity contribution >= 4 is 35.9 Å². The number of carbonyl (C=O) groups is 1. The van der Waals surface area contributed by atoms with E-state index in [4.69, 9.17) is 0 Å². The number of halogens is 9. The molecule has 0 radical (unpaired) electrons. The number of alkyl halides is 9. The van der Waals surface area contributed by atoms with Crippen LogP contribution >= 0.6 is 0 Å². The molecule has 1 rings (SSSR count). The van der Waals surface area contributed by atoms with Gasteiger partial charge in [-0.1, -0.05) is 30.1 Å². The molecule has 1 aromatic rings. The monoisotopic (exact) mass is 617 g/mol. The van der Waals surface area contributed by atoms with Crippen LogP contribution in [0, 0.1) is 5.92 Å². The van der Waals surface area contributed by atoms with Gasteiger partial charge in [-0.15, -0.1) is 0 Å². The number of ketones is 1. The molecule has 1 N–H and O–H groups in total. The molecule has 0 aliphatic heterocycles. The first-order chi connectivity index (χ1) is 16.3. The van der Waals surface area contributed by atoms with Crippen molar-refractivity contribution in [2.75, 3.05) is 0 Å². The van der Waals surface area contributed by atoms with Gasteiger partial charge in [-0.2, -0.15) is 47.9 Å². The molecule has 0 aliphatic carbocycles. The van der Waals surface area contributed by atoms with Gasteiger partial charge in [0, 0.05) is 12.3 Å². The third kappa shape index (κ3) is 6.30. The van der Waals surface area contributed by atoms with Crippen LogP contribution in [-0.4, -0.2) is 53.0 Å². The molecule has 37 heavy (non-hydrogen) atoms. The Morgan fingerprint density at radius 3 is 1.70 bits per heavy atom. The van der Waals surface area contributed by atoms with Gasteiger partial charge in [-0.05, 0) is 24.1 Å². The fraction of sp³-hybridized carbons (Fsp3) is 0.562. The number of rotatable bonds is 12. The van der Waals surface area contributed by atoms with Crippen molar-refractivity contribution in [3.63, 3.8) is 0 Å². The van der Waals surface area contributed by atoms with Crippen molar-refractivity contribution < 1.29 is 73.7 Å². The zero-order chi connectivity index (χ0) is 29.5. The third-order valence-corrected chi connectivity index (χ3v) is 9.17. The summed E-state index contributed by atoms with van der Waals surface area (Å²) in [4.78, 5) is 11.9.